The summed E-state index contributed by atoms with van der Waals surface area (Å²) in [5.74, 6) is 1.20. The van der Waals surface area contributed by atoms with Gasteiger partial charge in [0.05, 0.1) is 0 Å². The number of rotatable bonds is 2. The number of hydrogen-bond acceptors (Lipinski definition) is 1. The van der Waals surface area contributed by atoms with Crippen LogP contribution in [0.1, 0.15) is 40.0 Å². The molecule has 0 aromatic heterocycles. The topological polar surface area (TPSA) is 17.1 Å². The van der Waals surface area contributed by atoms with Gasteiger partial charge in [0.25, 0.3) is 0 Å². The summed E-state index contributed by atoms with van der Waals surface area (Å²) in [7, 11) is 0. The van der Waals surface area contributed by atoms with Gasteiger partial charge in [0, 0.05) is 5.92 Å². The summed E-state index contributed by atoms with van der Waals surface area (Å²) in [6, 6.07) is 0. The van der Waals surface area contributed by atoms with Crippen molar-refractivity contribution in [1.29, 1.82) is 0 Å². The Kier molecular flexibility index (Phi) is 1.47. The van der Waals surface area contributed by atoms with Crippen molar-refractivity contribution >= 4 is 6.29 Å². The SMILES string of the molecule is CCC1C(C)(C)C12CCC2C=O. The predicted molar refractivity (Wildman–Crippen MR) is 48.8 cm³/mol. The van der Waals surface area contributed by atoms with Crippen LogP contribution in [-0.2, 0) is 4.79 Å². The molecule has 0 radical (unpaired) electrons. The molecule has 3 unspecified atom stereocenters. The fourth-order valence-electron chi connectivity index (χ4n) is 3.92. The van der Waals surface area contributed by atoms with Crippen LogP contribution in [0.15, 0.2) is 0 Å². The molecule has 2 rings (SSSR count). The van der Waals surface area contributed by atoms with E-state index in [1.165, 1.54) is 19.1 Å². The van der Waals surface area contributed by atoms with Crippen LogP contribution >= 0.6 is 0 Å². The highest BCUT2D eigenvalue weighted by molar-refractivity contribution is 5.60. The highest BCUT2D eigenvalue weighted by atomic mass is 16.1. The zero-order valence-electron chi connectivity index (χ0n) is 8.26. The van der Waals surface area contributed by atoms with Crippen molar-refractivity contribution in [3.05, 3.63) is 0 Å². The first-order chi connectivity index (χ1) is 5.61. The monoisotopic (exact) mass is 166 g/mol. The molecule has 0 aromatic carbocycles. The Morgan fingerprint density at radius 3 is 2.42 bits per heavy atom. The molecule has 0 amide bonds. The number of aldehydes is 1. The van der Waals surface area contributed by atoms with Crippen LogP contribution in [0.2, 0.25) is 0 Å². The second-order valence-corrected chi connectivity index (χ2v) is 5.00. The fraction of sp³-hybridized carbons (Fsp3) is 0.909. The lowest BCUT2D eigenvalue weighted by atomic mass is 9.66. The fourth-order valence-corrected chi connectivity index (χ4v) is 3.92. The second-order valence-electron chi connectivity index (χ2n) is 5.00. The Bertz CT molecular complexity index is 219. The second kappa shape index (κ2) is 2.12. The van der Waals surface area contributed by atoms with Gasteiger partial charge < -0.3 is 4.79 Å². The van der Waals surface area contributed by atoms with Gasteiger partial charge in [-0.25, -0.2) is 0 Å². The molecule has 1 nitrogen and oxygen atoms in total. The van der Waals surface area contributed by atoms with Gasteiger partial charge in [-0.3, -0.25) is 0 Å². The maximum atomic E-state index is 10.8. The molecule has 2 fully saturated rings. The largest absolute Gasteiger partial charge is 0.303 e. The summed E-state index contributed by atoms with van der Waals surface area (Å²) in [6.07, 6.45) is 4.88. The smallest absolute Gasteiger partial charge is 0.123 e. The van der Waals surface area contributed by atoms with Gasteiger partial charge in [0.1, 0.15) is 6.29 Å². The first-order valence-corrected chi connectivity index (χ1v) is 5.06. The van der Waals surface area contributed by atoms with Crippen molar-refractivity contribution in [1.82, 2.24) is 0 Å². The van der Waals surface area contributed by atoms with E-state index < -0.39 is 0 Å². The average Bonchev–Trinajstić information content (AvgIpc) is 2.48. The van der Waals surface area contributed by atoms with E-state index >= 15 is 0 Å². The third kappa shape index (κ3) is 0.605. The highest BCUT2D eigenvalue weighted by Gasteiger charge is 2.75. The maximum Gasteiger partial charge on any atom is 0.123 e. The van der Waals surface area contributed by atoms with Gasteiger partial charge in [-0.2, -0.15) is 0 Å². The van der Waals surface area contributed by atoms with Gasteiger partial charge in [-0.1, -0.05) is 27.2 Å². The molecule has 2 aliphatic rings. The summed E-state index contributed by atoms with van der Waals surface area (Å²) >= 11 is 0. The van der Waals surface area contributed by atoms with Crippen LogP contribution < -0.4 is 0 Å². The van der Waals surface area contributed by atoms with E-state index in [-0.39, 0.29) is 0 Å². The Morgan fingerprint density at radius 1 is 1.50 bits per heavy atom. The van der Waals surface area contributed by atoms with Crippen molar-refractivity contribution < 1.29 is 4.79 Å². The van der Waals surface area contributed by atoms with Crippen LogP contribution in [0.5, 0.6) is 0 Å². The zero-order valence-corrected chi connectivity index (χ0v) is 8.26. The summed E-state index contributed by atoms with van der Waals surface area (Å²) < 4.78 is 0. The van der Waals surface area contributed by atoms with E-state index in [0.29, 0.717) is 16.7 Å². The minimum Gasteiger partial charge on any atom is -0.303 e. The molecule has 12 heavy (non-hydrogen) atoms. The average molecular weight is 166 g/mol. The lowest BCUT2D eigenvalue weighted by Crippen LogP contribution is -2.33. The molecule has 0 saturated heterocycles. The number of carbonyl (C=O) groups excluding carboxylic acids is 1. The van der Waals surface area contributed by atoms with Crippen LogP contribution in [0, 0.1) is 22.7 Å². The molecule has 1 heteroatoms. The van der Waals surface area contributed by atoms with E-state index in [4.69, 9.17) is 0 Å². The van der Waals surface area contributed by atoms with E-state index in [9.17, 15) is 4.79 Å². The first-order valence-electron chi connectivity index (χ1n) is 5.06. The number of carbonyl (C=O) groups is 1. The molecule has 0 aromatic rings. The minimum atomic E-state index is 0.387. The third-order valence-electron chi connectivity index (χ3n) is 4.71. The zero-order chi connectivity index (χ0) is 8.98. The quantitative estimate of drug-likeness (QED) is 0.576. The first kappa shape index (κ1) is 8.28. The molecule has 0 N–H and O–H groups in total. The minimum absolute atomic E-state index is 0.387. The summed E-state index contributed by atoms with van der Waals surface area (Å²) in [5.41, 5.74) is 0.884. The lowest BCUT2D eigenvalue weighted by Gasteiger charge is -2.37. The van der Waals surface area contributed by atoms with Crippen LogP contribution in [0.25, 0.3) is 0 Å². The van der Waals surface area contributed by atoms with Crippen molar-refractivity contribution in [2.75, 3.05) is 0 Å². The van der Waals surface area contributed by atoms with Gasteiger partial charge in [-0.15, -0.1) is 0 Å². The van der Waals surface area contributed by atoms with Crippen LogP contribution in [0.3, 0.4) is 0 Å². The van der Waals surface area contributed by atoms with E-state index in [1.807, 2.05) is 0 Å². The Morgan fingerprint density at radius 2 is 2.17 bits per heavy atom. The highest BCUT2D eigenvalue weighted by Crippen LogP contribution is 2.80. The molecule has 0 heterocycles. The summed E-state index contributed by atoms with van der Waals surface area (Å²) in [6.45, 7) is 6.91. The van der Waals surface area contributed by atoms with Gasteiger partial charge >= 0.3 is 0 Å². The molecule has 3 atom stereocenters. The molecular formula is C11H18O. The van der Waals surface area contributed by atoms with Gasteiger partial charge in [0.15, 0.2) is 0 Å². The van der Waals surface area contributed by atoms with Gasteiger partial charge in [0.2, 0.25) is 0 Å². The van der Waals surface area contributed by atoms with E-state index in [0.717, 1.165) is 12.3 Å². The molecular weight excluding hydrogens is 148 g/mol. The van der Waals surface area contributed by atoms with Crippen molar-refractivity contribution in [2.24, 2.45) is 22.7 Å². The molecule has 0 aliphatic heterocycles. The summed E-state index contributed by atoms with van der Waals surface area (Å²) in [5, 5.41) is 0. The predicted octanol–water partition coefficient (Wildman–Crippen LogP) is 2.65. The molecule has 68 valence electrons. The molecule has 2 aliphatic carbocycles. The Labute approximate surface area is 74.5 Å². The normalized spacial score (nSPS) is 48.6. The summed E-state index contributed by atoms with van der Waals surface area (Å²) in [4.78, 5) is 10.8. The molecule has 0 bridgehead atoms. The number of hydrogen-bond donors (Lipinski definition) is 0. The van der Waals surface area contributed by atoms with Gasteiger partial charge in [-0.05, 0) is 29.6 Å². The van der Waals surface area contributed by atoms with Crippen molar-refractivity contribution in [3.8, 4) is 0 Å². The molecule has 2 saturated carbocycles. The Balaban J connectivity index is 2.20. The standard InChI is InChI=1S/C11H18O/c1-4-9-10(2,3)11(9)6-5-8(11)7-12/h7-9H,4-6H2,1-3H3. The molecule has 1 spiro atoms. The van der Waals surface area contributed by atoms with E-state index in [2.05, 4.69) is 20.8 Å². The maximum absolute atomic E-state index is 10.8. The Hall–Kier alpha value is -0.330. The lowest BCUT2D eigenvalue weighted by molar-refractivity contribution is -0.118. The van der Waals surface area contributed by atoms with Crippen LogP contribution in [0.4, 0.5) is 0 Å². The van der Waals surface area contributed by atoms with E-state index in [1.54, 1.807) is 0 Å². The van der Waals surface area contributed by atoms with Crippen molar-refractivity contribution in [3.63, 3.8) is 0 Å². The third-order valence-corrected chi connectivity index (χ3v) is 4.71. The van der Waals surface area contributed by atoms with Crippen molar-refractivity contribution in [2.45, 2.75) is 40.0 Å². The van der Waals surface area contributed by atoms with Crippen LogP contribution in [-0.4, -0.2) is 6.29 Å².